The fourth-order valence-electron chi connectivity index (χ4n) is 3.40. The maximum atomic E-state index is 10.5. The lowest BCUT2D eigenvalue weighted by molar-refractivity contribution is 0.0430. The number of hydrogen-bond acceptors (Lipinski definition) is 4. The standard InChI is InChI=1S/C16H15ClN2O2/c1-19-8-11-10-5-4-9(17)7-13(10)21-12-3-2-6-18-15(12)14(11)16(19)20/h2-7,11,14,16,20H,8H2,1H3. The van der Waals surface area contributed by atoms with Crippen LogP contribution >= 0.6 is 11.6 Å². The number of aliphatic hydroxyl groups is 1. The number of hydrogen-bond donors (Lipinski definition) is 1. The third kappa shape index (κ3) is 1.94. The van der Waals surface area contributed by atoms with Crippen LogP contribution in [0.5, 0.6) is 11.5 Å². The first-order valence-electron chi connectivity index (χ1n) is 6.95. The van der Waals surface area contributed by atoms with Crippen LogP contribution in [0.2, 0.25) is 5.02 Å². The summed E-state index contributed by atoms with van der Waals surface area (Å²) in [5.74, 6) is 1.51. The number of aliphatic hydroxyl groups excluding tert-OH is 1. The summed E-state index contributed by atoms with van der Waals surface area (Å²) in [4.78, 5) is 6.42. The lowest BCUT2D eigenvalue weighted by Crippen LogP contribution is -2.28. The Bertz CT molecular complexity index is 706. The van der Waals surface area contributed by atoms with E-state index in [-0.39, 0.29) is 11.8 Å². The van der Waals surface area contributed by atoms with E-state index in [0.29, 0.717) is 10.8 Å². The minimum absolute atomic E-state index is 0.0892. The van der Waals surface area contributed by atoms with E-state index in [1.54, 1.807) is 6.20 Å². The molecule has 2 aliphatic heterocycles. The highest BCUT2D eigenvalue weighted by atomic mass is 35.5. The van der Waals surface area contributed by atoms with Gasteiger partial charge in [-0.3, -0.25) is 9.88 Å². The smallest absolute Gasteiger partial charge is 0.149 e. The summed E-state index contributed by atoms with van der Waals surface area (Å²) in [7, 11) is 1.93. The van der Waals surface area contributed by atoms with Gasteiger partial charge in [0.2, 0.25) is 0 Å². The molecule has 1 aromatic heterocycles. The zero-order chi connectivity index (χ0) is 14.6. The van der Waals surface area contributed by atoms with Crippen molar-refractivity contribution < 1.29 is 9.84 Å². The van der Waals surface area contributed by atoms with Gasteiger partial charge >= 0.3 is 0 Å². The molecule has 1 saturated heterocycles. The maximum absolute atomic E-state index is 10.5. The van der Waals surface area contributed by atoms with Crippen molar-refractivity contribution in [2.75, 3.05) is 13.6 Å². The predicted octanol–water partition coefficient (Wildman–Crippen LogP) is 2.97. The van der Waals surface area contributed by atoms with Crippen molar-refractivity contribution in [1.82, 2.24) is 9.88 Å². The molecule has 2 aliphatic rings. The molecule has 1 N–H and O–H groups in total. The van der Waals surface area contributed by atoms with E-state index in [1.807, 2.05) is 42.3 Å². The molecule has 0 spiro atoms. The minimum atomic E-state index is -0.561. The first kappa shape index (κ1) is 13.1. The monoisotopic (exact) mass is 302 g/mol. The molecule has 0 radical (unpaired) electrons. The molecule has 2 aromatic rings. The molecule has 0 saturated carbocycles. The van der Waals surface area contributed by atoms with E-state index in [0.717, 1.165) is 23.6 Å². The van der Waals surface area contributed by atoms with Crippen molar-refractivity contribution in [2.24, 2.45) is 0 Å². The van der Waals surface area contributed by atoms with Crippen molar-refractivity contribution in [1.29, 1.82) is 0 Å². The molecule has 4 rings (SSSR count). The van der Waals surface area contributed by atoms with Gasteiger partial charge in [-0.05, 0) is 31.3 Å². The van der Waals surface area contributed by atoms with Gasteiger partial charge in [-0.1, -0.05) is 17.7 Å². The average molecular weight is 303 g/mol. The van der Waals surface area contributed by atoms with Gasteiger partial charge in [-0.2, -0.15) is 0 Å². The second kappa shape index (κ2) is 4.70. The highest BCUT2D eigenvalue weighted by Crippen LogP contribution is 2.50. The fourth-order valence-corrected chi connectivity index (χ4v) is 3.56. The summed E-state index contributed by atoms with van der Waals surface area (Å²) in [6.07, 6.45) is 1.18. The summed E-state index contributed by atoms with van der Waals surface area (Å²) < 4.78 is 6.03. The molecule has 4 nitrogen and oxygen atoms in total. The molecule has 3 heterocycles. The van der Waals surface area contributed by atoms with Gasteiger partial charge in [0, 0.05) is 29.2 Å². The Labute approximate surface area is 127 Å². The van der Waals surface area contributed by atoms with Crippen molar-refractivity contribution in [3.63, 3.8) is 0 Å². The molecule has 21 heavy (non-hydrogen) atoms. The highest BCUT2D eigenvalue weighted by molar-refractivity contribution is 6.30. The quantitative estimate of drug-likeness (QED) is 0.812. The zero-order valence-corrected chi connectivity index (χ0v) is 12.3. The van der Waals surface area contributed by atoms with E-state index in [1.165, 1.54) is 0 Å². The predicted molar refractivity (Wildman–Crippen MR) is 79.9 cm³/mol. The Morgan fingerprint density at radius 1 is 1.33 bits per heavy atom. The van der Waals surface area contributed by atoms with Gasteiger partial charge in [0.05, 0.1) is 11.6 Å². The van der Waals surface area contributed by atoms with Crippen molar-refractivity contribution >= 4 is 11.6 Å². The fraction of sp³-hybridized carbons (Fsp3) is 0.312. The Morgan fingerprint density at radius 2 is 2.19 bits per heavy atom. The third-order valence-electron chi connectivity index (χ3n) is 4.40. The number of aromatic nitrogens is 1. The molecule has 108 valence electrons. The number of nitrogens with zero attached hydrogens (tertiary/aromatic N) is 2. The summed E-state index contributed by atoms with van der Waals surface area (Å²) in [6, 6.07) is 9.43. The molecule has 0 amide bonds. The summed E-state index contributed by atoms with van der Waals surface area (Å²) in [6.45, 7) is 0.764. The number of likely N-dealkylation sites (N-methyl/N-ethyl adjacent to an activating group) is 1. The van der Waals surface area contributed by atoms with Crippen LogP contribution in [-0.4, -0.2) is 34.8 Å². The summed E-state index contributed by atoms with van der Waals surface area (Å²) in [5, 5.41) is 11.2. The Morgan fingerprint density at radius 3 is 3.05 bits per heavy atom. The van der Waals surface area contributed by atoms with Crippen LogP contribution in [0.3, 0.4) is 0 Å². The number of ether oxygens (including phenoxy) is 1. The van der Waals surface area contributed by atoms with E-state index in [2.05, 4.69) is 4.98 Å². The SMILES string of the molecule is CN1CC2c3ccc(Cl)cc3Oc3cccnc3C2C1O. The topological polar surface area (TPSA) is 45.6 Å². The average Bonchev–Trinajstić information content (AvgIpc) is 2.68. The zero-order valence-electron chi connectivity index (χ0n) is 11.5. The first-order chi connectivity index (χ1) is 10.1. The van der Waals surface area contributed by atoms with Crippen molar-refractivity contribution in [3.8, 4) is 11.5 Å². The van der Waals surface area contributed by atoms with E-state index in [9.17, 15) is 5.11 Å². The molecule has 1 fully saturated rings. The largest absolute Gasteiger partial charge is 0.455 e. The van der Waals surface area contributed by atoms with E-state index >= 15 is 0 Å². The van der Waals surface area contributed by atoms with Gasteiger partial charge in [0.15, 0.2) is 0 Å². The van der Waals surface area contributed by atoms with Crippen LogP contribution in [0.4, 0.5) is 0 Å². The van der Waals surface area contributed by atoms with Gasteiger partial charge < -0.3 is 9.84 Å². The van der Waals surface area contributed by atoms with Gasteiger partial charge in [0.25, 0.3) is 0 Å². The first-order valence-corrected chi connectivity index (χ1v) is 7.33. The molecule has 0 aliphatic carbocycles. The van der Waals surface area contributed by atoms with Crippen molar-refractivity contribution in [2.45, 2.75) is 18.1 Å². The second-order valence-corrected chi connectivity index (χ2v) is 6.09. The molecule has 0 bridgehead atoms. The van der Waals surface area contributed by atoms with Gasteiger partial charge in [-0.25, -0.2) is 0 Å². The molecule has 3 unspecified atom stereocenters. The number of pyridine rings is 1. The van der Waals surface area contributed by atoms with E-state index in [4.69, 9.17) is 16.3 Å². The normalized spacial score (nSPS) is 27.3. The minimum Gasteiger partial charge on any atom is -0.455 e. The van der Waals surface area contributed by atoms with Crippen molar-refractivity contribution in [3.05, 3.63) is 52.8 Å². The van der Waals surface area contributed by atoms with Crippen LogP contribution in [0.15, 0.2) is 36.5 Å². The second-order valence-electron chi connectivity index (χ2n) is 5.66. The Balaban J connectivity index is 1.95. The van der Waals surface area contributed by atoms with Crippen LogP contribution < -0.4 is 4.74 Å². The van der Waals surface area contributed by atoms with Crippen LogP contribution in [0.1, 0.15) is 23.1 Å². The molecule has 1 aromatic carbocycles. The summed E-state index contributed by atoms with van der Waals surface area (Å²) in [5.41, 5.74) is 1.89. The number of halogens is 1. The van der Waals surface area contributed by atoms with Crippen LogP contribution in [0.25, 0.3) is 0 Å². The van der Waals surface area contributed by atoms with Crippen LogP contribution in [0, 0.1) is 0 Å². The van der Waals surface area contributed by atoms with Gasteiger partial charge in [0.1, 0.15) is 17.7 Å². The van der Waals surface area contributed by atoms with Gasteiger partial charge in [-0.15, -0.1) is 0 Å². The lowest BCUT2D eigenvalue weighted by atomic mass is 9.85. The number of rotatable bonds is 0. The Kier molecular flexibility index (Phi) is 2.92. The molecular formula is C16H15ClN2O2. The van der Waals surface area contributed by atoms with E-state index < -0.39 is 6.23 Å². The molecule has 3 atom stereocenters. The Hall–Kier alpha value is -1.62. The lowest BCUT2D eigenvalue weighted by Gasteiger charge is -2.20. The number of fused-ring (bicyclic) bond motifs is 5. The summed E-state index contributed by atoms with van der Waals surface area (Å²) >= 11 is 6.10. The number of benzene rings is 1. The number of likely N-dealkylation sites (tertiary alicyclic amines) is 1. The maximum Gasteiger partial charge on any atom is 0.149 e. The van der Waals surface area contributed by atoms with Crippen LogP contribution in [-0.2, 0) is 0 Å². The molecule has 5 heteroatoms. The highest BCUT2D eigenvalue weighted by Gasteiger charge is 2.45. The molecular weight excluding hydrogens is 288 g/mol. The third-order valence-corrected chi connectivity index (χ3v) is 4.64.